The van der Waals surface area contributed by atoms with E-state index in [-0.39, 0.29) is 6.04 Å². The van der Waals surface area contributed by atoms with Crippen LogP contribution in [0.25, 0.3) is 21.1 Å². The Morgan fingerprint density at radius 1 is 1.23 bits per heavy atom. The zero-order chi connectivity index (χ0) is 24.9. The smallest absolute Gasteiger partial charge is 0.320 e. The summed E-state index contributed by atoms with van der Waals surface area (Å²) < 4.78 is 0. The summed E-state index contributed by atoms with van der Waals surface area (Å²) in [5.74, 6) is -0.230. The molecule has 1 aromatic heterocycles. The average Bonchev–Trinajstić information content (AvgIpc) is 3.52. The zero-order valence-electron chi connectivity index (χ0n) is 20.6. The molecule has 0 aliphatic carbocycles. The van der Waals surface area contributed by atoms with E-state index >= 15 is 0 Å². The summed E-state index contributed by atoms with van der Waals surface area (Å²) in [6.07, 6.45) is 4.23. The minimum Gasteiger partial charge on any atom is -0.480 e. The Hall–Kier alpha value is -3.08. The van der Waals surface area contributed by atoms with Gasteiger partial charge in [0.1, 0.15) is 16.1 Å². The SMILES string of the molecule is CCc1c(CCN2CCC[C@H]2C(=O)O)cccc1-c1nnc(-c2ccc(CC(C)C)c(C#N)c2)s1. The van der Waals surface area contributed by atoms with Crippen LogP contribution < -0.4 is 0 Å². The lowest BCUT2D eigenvalue weighted by atomic mass is 9.96. The van der Waals surface area contributed by atoms with Gasteiger partial charge in [-0.25, -0.2) is 0 Å². The van der Waals surface area contributed by atoms with Crippen molar-refractivity contribution in [2.75, 3.05) is 13.1 Å². The molecule has 1 saturated heterocycles. The predicted octanol–water partition coefficient (Wildman–Crippen LogP) is 5.60. The van der Waals surface area contributed by atoms with Gasteiger partial charge in [-0.15, -0.1) is 10.2 Å². The standard InChI is InChI=1S/C28H32N4O2S/c1-4-23-19(12-14-32-13-6-9-25(32)28(33)34)7-5-8-24(23)27-31-30-26(35-27)21-11-10-20(15-18(2)3)22(16-21)17-29/h5,7-8,10-11,16,18,25H,4,6,9,12-15H2,1-3H3,(H,33,34)/t25-/m0/s1. The zero-order valence-corrected chi connectivity index (χ0v) is 21.4. The van der Waals surface area contributed by atoms with Gasteiger partial charge < -0.3 is 5.11 Å². The van der Waals surface area contributed by atoms with Gasteiger partial charge in [0.05, 0.1) is 11.6 Å². The van der Waals surface area contributed by atoms with Gasteiger partial charge >= 0.3 is 5.97 Å². The number of nitriles is 1. The molecule has 4 rings (SSSR count). The number of hydrogen-bond donors (Lipinski definition) is 1. The minimum absolute atomic E-state index is 0.362. The molecular formula is C28H32N4O2S. The van der Waals surface area contributed by atoms with Gasteiger partial charge in [0.25, 0.3) is 0 Å². The van der Waals surface area contributed by atoms with Crippen molar-refractivity contribution in [1.29, 1.82) is 5.26 Å². The van der Waals surface area contributed by atoms with Crippen LogP contribution in [-0.4, -0.2) is 45.3 Å². The van der Waals surface area contributed by atoms with E-state index in [4.69, 9.17) is 0 Å². The summed E-state index contributed by atoms with van der Waals surface area (Å²) in [6.45, 7) is 8.04. The van der Waals surface area contributed by atoms with Crippen LogP contribution in [0.3, 0.4) is 0 Å². The van der Waals surface area contributed by atoms with Crippen molar-refractivity contribution in [3.05, 3.63) is 58.7 Å². The summed E-state index contributed by atoms with van der Waals surface area (Å²) >= 11 is 1.54. The van der Waals surface area contributed by atoms with Crippen molar-refractivity contribution in [2.24, 2.45) is 5.92 Å². The summed E-state index contributed by atoms with van der Waals surface area (Å²) in [5.41, 5.74) is 6.25. The molecule has 1 N–H and O–H groups in total. The highest BCUT2D eigenvalue weighted by Crippen LogP contribution is 2.34. The second kappa shape index (κ2) is 11.1. The molecular weight excluding hydrogens is 456 g/mol. The lowest BCUT2D eigenvalue weighted by Gasteiger charge is -2.22. The average molecular weight is 489 g/mol. The van der Waals surface area contributed by atoms with Gasteiger partial charge in [-0.1, -0.05) is 62.4 Å². The van der Waals surface area contributed by atoms with Gasteiger partial charge in [-0.2, -0.15) is 5.26 Å². The molecule has 0 unspecified atom stereocenters. The normalized spacial score (nSPS) is 16.0. The Balaban J connectivity index is 1.57. The number of aromatic nitrogens is 2. The first-order valence-corrected chi connectivity index (χ1v) is 13.2. The molecule has 35 heavy (non-hydrogen) atoms. The fourth-order valence-electron chi connectivity index (χ4n) is 5.00. The highest BCUT2D eigenvalue weighted by molar-refractivity contribution is 7.17. The van der Waals surface area contributed by atoms with E-state index in [0.717, 1.165) is 71.9 Å². The first-order valence-electron chi connectivity index (χ1n) is 12.4. The van der Waals surface area contributed by atoms with Crippen LogP contribution >= 0.6 is 11.3 Å². The van der Waals surface area contributed by atoms with E-state index in [1.165, 1.54) is 11.1 Å². The van der Waals surface area contributed by atoms with Crippen LogP contribution in [0.1, 0.15) is 55.9 Å². The number of likely N-dealkylation sites (tertiary alicyclic amines) is 1. The molecule has 0 spiro atoms. The quantitative estimate of drug-likeness (QED) is 0.422. The molecule has 7 heteroatoms. The summed E-state index contributed by atoms with van der Waals surface area (Å²) in [7, 11) is 0. The molecule has 3 aromatic rings. The Morgan fingerprint density at radius 3 is 2.74 bits per heavy atom. The number of nitrogens with zero attached hydrogens (tertiary/aromatic N) is 4. The third-order valence-electron chi connectivity index (χ3n) is 6.70. The molecule has 2 aromatic carbocycles. The second-order valence-corrected chi connectivity index (χ2v) is 10.6. The van der Waals surface area contributed by atoms with Gasteiger partial charge in [0.15, 0.2) is 0 Å². The molecule has 0 bridgehead atoms. The Bertz CT molecular complexity index is 1240. The summed E-state index contributed by atoms with van der Waals surface area (Å²) in [6, 6.07) is 14.3. The number of rotatable bonds is 9. The molecule has 1 aliphatic heterocycles. The second-order valence-electron chi connectivity index (χ2n) is 9.57. The molecule has 0 radical (unpaired) electrons. The van der Waals surface area contributed by atoms with Gasteiger partial charge in [0, 0.05) is 17.7 Å². The molecule has 0 saturated carbocycles. The number of carboxylic acid groups (broad SMARTS) is 1. The molecule has 0 amide bonds. The first kappa shape index (κ1) is 25.0. The molecule has 2 heterocycles. The monoisotopic (exact) mass is 488 g/mol. The van der Waals surface area contributed by atoms with Crippen LogP contribution in [0, 0.1) is 17.2 Å². The Labute approximate surface area is 211 Å². The van der Waals surface area contributed by atoms with Crippen molar-refractivity contribution in [3.63, 3.8) is 0 Å². The van der Waals surface area contributed by atoms with Crippen LogP contribution in [0.15, 0.2) is 36.4 Å². The van der Waals surface area contributed by atoms with E-state index in [1.807, 2.05) is 18.2 Å². The van der Waals surface area contributed by atoms with E-state index in [0.29, 0.717) is 11.5 Å². The van der Waals surface area contributed by atoms with Crippen LogP contribution in [0.2, 0.25) is 0 Å². The van der Waals surface area contributed by atoms with Gasteiger partial charge in [0.2, 0.25) is 0 Å². The number of benzene rings is 2. The fourth-order valence-corrected chi connectivity index (χ4v) is 5.90. The van der Waals surface area contributed by atoms with Gasteiger partial charge in [-0.05, 0) is 67.3 Å². The van der Waals surface area contributed by atoms with Crippen LogP contribution in [0.4, 0.5) is 0 Å². The Kier molecular flexibility index (Phi) is 7.94. The van der Waals surface area contributed by atoms with Crippen molar-refractivity contribution < 1.29 is 9.90 Å². The van der Waals surface area contributed by atoms with Crippen LogP contribution in [-0.2, 0) is 24.1 Å². The molecule has 6 nitrogen and oxygen atoms in total. The first-order chi connectivity index (χ1) is 16.9. The largest absolute Gasteiger partial charge is 0.480 e. The molecule has 1 fully saturated rings. The maximum absolute atomic E-state index is 11.5. The van der Waals surface area contributed by atoms with Gasteiger partial charge in [-0.3, -0.25) is 9.69 Å². The topological polar surface area (TPSA) is 90.1 Å². The van der Waals surface area contributed by atoms with Crippen LogP contribution in [0.5, 0.6) is 0 Å². The molecule has 182 valence electrons. The minimum atomic E-state index is -0.717. The van der Waals surface area contributed by atoms with Crippen molar-refractivity contribution >= 4 is 17.3 Å². The van der Waals surface area contributed by atoms with Crippen molar-refractivity contribution in [3.8, 4) is 27.2 Å². The molecule has 1 aliphatic rings. The fraction of sp³-hybridized carbons (Fsp3) is 0.429. The van der Waals surface area contributed by atoms with E-state index in [2.05, 4.69) is 60.1 Å². The van der Waals surface area contributed by atoms with E-state index < -0.39 is 5.97 Å². The highest BCUT2D eigenvalue weighted by Gasteiger charge is 2.30. The third-order valence-corrected chi connectivity index (χ3v) is 7.71. The number of aliphatic carboxylic acids is 1. The lowest BCUT2D eigenvalue weighted by Crippen LogP contribution is -2.37. The summed E-state index contributed by atoms with van der Waals surface area (Å²) in [5, 5.41) is 29.8. The summed E-state index contributed by atoms with van der Waals surface area (Å²) in [4.78, 5) is 13.6. The number of carbonyl (C=O) groups is 1. The van der Waals surface area contributed by atoms with E-state index in [9.17, 15) is 15.2 Å². The number of hydrogen-bond acceptors (Lipinski definition) is 6. The maximum Gasteiger partial charge on any atom is 0.320 e. The third kappa shape index (κ3) is 5.61. The molecule has 1 atom stereocenters. The maximum atomic E-state index is 11.5. The van der Waals surface area contributed by atoms with Crippen molar-refractivity contribution in [2.45, 2.75) is 58.9 Å². The van der Waals surface area contributed by atoms with Crippen molar-refractivity contribution in [1.82, 2.24) is 15.1 Å². The highest BCUT2D eigenvalue weighted by atomic mass is 32.1. The van der Waals surface area contributed by atoms with E-state index in [1.54, 1.807) is 11.3 Å². The predicted molar refractivity (Wildman–Crippen MR) is 139 cm³/mol. The lowest BCUT2D eigenvalue weighted by molar-refractivity contribution is -0.142. The number of carboxylic acids is 1. The Morgan fingerprint density at radius 2 is 2.03 bits per heavy atom.